The molecular weight excluding hydrogens is 303 g/mol. The summed E-state index contributed by atoms with van der Waals surface area (Å²) in [6, 6.07) is 11.5. The lowest BCUT2D eigenvalue weighted by atomic mass is 10.0. The third-order valence-corrected chi connectivity index (χ3v) is 3.38. The molecule has 0 saturated carbocycles. The fraction of sp³-hybridized carbons (Fsp3) is 0.0625. The van der Waals surface area contributed by atoms with Gasteiger partial charge in [-0.1, -0.05) is 17.3 Å². The van der Waals surface area contributed by atoms with E-state index in [1.807, 2.05) is 0 Å². The number of hydrogen-bond donors (Lipinski definition) is 1. The van der Waals surface area contributed by atoms with Crippen molar-refractivity contribution in [2.24, 2.45) is 0 Å². The average molecular weight is 314 g/mol. The minimum Gasteiger partial charge on any atom is -0.391 e. The van der Waals surface area contributed by atoms with Gasteiger partial charge in [-0.15, -0.1) is 0 Å². The minimum absolute atomic E-state index is 0.0517. The molecule has 0 bridgehead atoms. The molecule has 0 spiro atoms. The van der Waals surface area contributed by atoms with Crippen molar-refractivity contribution in [2.45, 2.75) is 6.61 Å². The number of benzene rings is 2. The molecule has 0 radical (unpaired) electrons. The Morgan fingerprint density at radius 3 is 2.52 bits per heavy atom. The van der Waals surface area contributed by atoms with E-state index in [4.69, 9.17) is 4.52 Å². The fourth-order valence-corrected chi connectivity index (χ4v) is 2.28. The lowest BCUT2D eigenvalue weighted by molar-refractivity contribution is -0.384. The molecule has 1 heterocycles. The molecule has 0 aliphatic rings. The highest BCUT2D eigenvalue weighted by Crippen LogP contribution is 2.33. The van der Waals surface area contributed by atoms with E-state index in [0.29, 0.717) is 28.1 Å². The molecule has 1 aromatic heterocycles. The number of rotatable bonds is 4. The number of halogens is 1. The quantitative estimate of drug-likeness (QED) is 0.587. The maximum absolute atomic E-state index is 13.4. The first-order chi connectivity index (χ1) is 11.1. The van der Waals surface area contributed by atoms with Crippen molar-refractivity contribution >= 4 is 5.69 Å². The van der Waals surface area contributed by atoms with Crippen LogP contribution in [0.5, 0.6) is 0 Å². The highest BCUT2D eigenvalue weighted by Gasteiger charge is 2.19. The second-order valence-electron chi connectivity index (χ2n) is 4.81. The summed E-state index contributed by atoms with van der Waals surface area (Å²) < 4.78 is 18.6. The third-order valence-electron chi connectivity index (χ3n) is 3.38. The van der Waals surface area contributed by atoms with E-state index in [2.05, 4.69) is 5.16 Å². The van der Waals surface area contributed by atoms with Crippen molar-refractivity contribution in [2.75, 3.05) is 0 Å². The summed E-state index contributed by atoms with van der Waals surface area (Å²) in [4.78, 5) is 10.2. The molecule has 0 aliphatic carbocycles. The van der Waals surface area contributed by atoms with Crippen LogP contribution >= 0.6 is 0 Å². The van der Waals surface area contributed by atoms with Crippen LogP contribution in [0.15, 0.2) is 53.1 Å². The molecule has 0 atom stereocenters. The van der Waals surface area contributed by atoms with Crippen LogP contribution in [0.25, 0.3) is 22.6 Å². The van der Waals surface area contributed by atoms with Crippen LogP contribution < -0.4 is 0 Å². The molecule has 1 N–H and O–H groups in total. The van der Waals surface area contributed by atoms with Crippen molar-refractivity contribution in [1.82, 2.24) is 5.16 Å². The van der Waals surface area contributed by atoms with Crippen LogP contribution in [-0.2, 0) is 6.61 Å². The minimum atomic E-state index is -0.505. The van der Waals surface area contributed by atoms with Gasteiger partial charge in [-0.3, -0.25) is 10.1 Å². The lowest BCUT2D eigenvalue weighted by Gasteiger charge is -2.01. The molecule has 0 unspecified atom stereocenters. The van der Waals surface area contributed by atoms with Gasteiger partial charge in [-0.25, -0.2) is 4.39 Å². The van der Waals surface area contributed by atoms with Gasteiger partial charge in [0.05, 0.1) is 17.1 Å². The summed E-state index contributed by atoms with van der Waals surface area (Å²) in [5.41, 5.74) is 1.69. The van der Waals surface area contributed by atoms with Gasteiger partial charge in [-0.2, -0.15) is 0 Å². The monoisotopic (exact) mass is 314 g/mol. The van der Waals surface area contributed by atoms with E-state index in [0.717, 1.165) is 0 Å². The highest BCUT2D eigenvalue weighted by atomic mass is 19.1. The smallest absolute Gasteiger partial charge is 0.269 e. The number of aliphatic hydroxyl groups excluding tert-OH is 1. The van der Waals surface area contributed by atoms with Crippen LogP contribution in [0.2, 0.25) is 0 Å². The number of aliphatic hydroxyl groups is 1. The molecule has 3 aromatic rings. The van der Waals surface area contributed by atoms with Gasteiger partial charge in [-0.05, 0) is 24.3 Å². The SMILES string of the molecule is O=[N+]([O-])c1ccc(-c2onc(-c3cccc(F)c3)c2CO)cc1. The Morgan fingerprint density at radius 2 is 1.91 bits per heavy atom. The molecule has 3 rings (SSSR count). The molecular formula is C16H11FN2O4. The summed E-state index contributed by atoms with van der Waals surface area (Å²) in [7, 11) is 0. The van der Waals surface area contributed by atoms with Gasteiger partial charge in [0, 0.05) is 23.3 Å². The Hall–Kier alpha value is -3.06. The van der Waals surface area contributed by atoms with Gasteiger partial charge in [0.25, 0.3) is 5.69 Å². The van der Waals surface area contributed by atoms with Crippen molar-refractivity contribution < 1.29 is 18.9 Å². The Balaban J connectivity index is 2.06. The molecule has 7 heteroatoms. The Kier molecular flexibility index (Phi) is 3.86. The molecule has 0 aliphatic heterocycles. The Labute approximate surface area is 129 Å². The zero-order chi connectivity index (χ0) is 16.4. The highest BCUT2D eigenvalue weighted by molar-refractivity contribution is 5.72. The second-order valence-corrected chi connectivity index (χ2v) is 4.81. The zero-order valence-corrected chi connectivity index (χ0v) is 11.8. The van der Waals surface area contributed by atoms with Crippen LogP contribution in [-0.4, -0.2) is 15.2 Å². The third kappa shape index (κ3) is 2.82. The summed E-state index contributed by atoms with van der Waals surface area (Å²) in [6.07, 6.45) is 0. The number of nitro benzene ring substituents is 1. The summed E-state index contributed by atoms with van der Waals surface area (Å²) in [5.74, 6) is -0.132. The summed E-state index contributed by atoms with van der Waals surface area (Å²) in [6.45, 7) is -0.359. The first-order valence-corrected chi connectivity index (χ1v) is 6.70. The Bertz CT molecular complexity index is 859. The molecule has 0 saturated heterocycles. The van der Waals surface area contributed by atoms with E-state index in [9.17, 15) is 19.6 Å². The van der Waals surface area contributed by atoms with E-state index >= 15 is 0 Å². The number of non-ortho nitro benzene ring substituents is 1. The van der Waals surface area contributed by atoms with Crippen LogP contribution in [0, 0.1) is 15.9 Å². The normalized spacial score (nSPS) is 10.7. The average Bonchev–Trinajstić information content (AvgIpc) is 2.98. The van der Waals surface area contributed by atoms with Crippen molar-refractivity contribution in [3.05, 3.63) is 70.0 Å². The number of nitrogens with zero attached hydrogens (tertiary/aromatic N) is 2. The first kappa shape index (κ1) is 14.9. The number of aromatic nitrogens is 1. The lowest BCUT2D eigenvalue weighted by Crippen LogP contribution is -1.90. The first-order valence-electron chi connectivity index (χ1n) is 6.70. The maximum atomic E-state index is 13.4. The molecule has 23 heavy (non-hydrogen) atoms. The largest absolute Gasteiger partial charge is 0.391 e. The number of hydrogen-bond acceptors (Lipinski definition) is 5. The number of nitro groups is 1. The van der Waals surface area contributed by atoms with Crippen molar-refractivity contribution in [1.29, 1.82) is 0 Å². The van der Waals surface area contributed by atoms with Gasteiger partial charge >= 0.3 is 0 Å². The van der Waals surface area contributed by atoms with E-state index in [-0.39, 0.29) is 12.3 Å². The fourth-order valence-electron chi connectivity index (χ4n) is 2.28. The zero-order valence-electron chi connectivity index (χ0n) is 11.8. The van der Waals surface area contributed by atoms with E-state index in [1.54, 1.807) is 6.07 Å². The molecule has 6 nitrogen and oxygen atoms in total. The predicted molar refractivity (Wildman–Crippen MR) is 79.9 cm³/mol. The maximum Gasteiger partial charge on any atom is 0.269 e. The van der Waals surface area contributed by atoms with Crippen LogP contribution in [0.1, 0.15) is 5.56 Å². The molecule has 0 amide bonds. The van der Waals surface area contributed by atoms with Gasteiger partial charge in [0.15, 0.2) is 5.76 Å². The van der Waals surface area contributed by atoms with Crippen molar-refractivity contribution in [3.8, 4) is 22.6 Å². The Morgan fingerprint density at radius 1 is 1.17 bits per heavy atom. The van der Waals surface area contributed by atoms with Crippen LogP contribution in [0.3, 0.4) is 0 Å². The standard InChI is InChI=1S/C16H11FN2O4/c17-12-3-1-2-11(8-12)15-14(9-20)16(23-18-15)10-4-6-13(7-5-10)19(21)22/h1-8,20H,9H2. The van der Waals surface area contributed by atoms with Gasteiger partial charge < -0.3 is 9.63 Å². The summed E-state index contributed by atoms with van der Waals surface area (Å²) >= 11 is 0. The summed E-state index contributed by atoms with van der Waals surface area (Å²) in [5, 5.41) is 24.2. The second kappa shape index (κ2) is 5.98. The van der Waals surface area contributed by atoms with E-state index in [1.165, 1.54) is 42.5 Å². The van der Waals surface area contributed by atoms with E-state index < -0.39 is 10.7 Å². The molecule has 2 aromatic carbocycles. The molecule has 116 valence electrons. The van der Waals surface area contributed by atoms with Crippen LogP contribution in [0.4, 0.5) is 10.1 Å². The molecule has 0 fully saturated rings. The topological polar surface area (TPSA) is 89.4 Å². The van der Waals surface area contributed by atoms with Gasteiger partial charge in [0.2, 0.25) is 0 Å². The van der Waals surface area contributed by atoms with Crippen molar-refractivity contribution in [3.63, 3.8) is 0 Å². The van der Waals surface area contributed by atoms with Gasteiger partial charge in [0.1, 0.15) is 11.5 Å². The predicted octanol–water partition coefficient (Wildman–Crippen LogP) is 3.55.